The number of allylic oxidation sites excluding steroid dienone is 2. The Hall–Kier alpha value is -2.52. The van der Waals surface area contributed by atoms with Gasteiger partial charge in [-0.25, -0.2) is 12.7 Å². The summed E-state index contributed by atoms with van der Waals surface area (Å²) in [6.07, 6.45) is 5.16. The fourth-order valence-electron chi connectivity index (χ4n) is 4.23. The van der Waals surface area contributed by atoms with E-state index in [2.05, 4.69) is 5.32 Å². The first-order valence-electron chi connectivity index (χ1n) is 10.8. The van der Waals surface area contributed by atoms with Crippen molar-refractivity contribution in [2.75, 3.05) is 19.4 Å². The van der Waals surface area contributed by atoms with Gasteiger partial charge in [-0.3, -0.25) is 19.3 Å². The number of amides is 3. The summed E-state index contributed by atoms with van der Waals surface area (Å²) in [4.78, 5) is 40.7. The van der Waals surface area contributed by atoms with Crippen LogP contribution >= 0.6 is 0 Å². The van der Waals surface area contributed by atoms with Crippen LogP contribution in [0.25, 0.3) is 0 Å². The molecule has 1 saturated heterocycles. The Morgan fingerprint density at radius 2 is 1.69 bits per heavy atom. The maximum Gasteiger partial charge on any atom is 0.247 e. The molecule has 174 valence electrons. The van der Waals surface area contributed by atoms with Crippen LogP contribution in [0.4, 0.5) is 5.69 Å². The first-order chi connectivity index (χ1) is 14.9. The highest BCUT2D eigenvalue weighted by Crippen LogP contribution is 2.37. The van der Waals surface area contributed by atoms with E-state index in [4.69, 9.17) is 0 Å². The summed E-state index contributed by atoms with van der Waals surface area (Å²) in [6.45, 7) is 5.61. The van der Waals surface area contributed by atoms with E-state index in [1.807, 2.05) is 26.0 Å². The highest BCUT2D eigenvalue weighted by Gasteiger charge is 2.51. The lowest BCUT2D eigenvalue weighted by Gasteiger charge is -2.27. The number of carbonyl (C=O) groups excluding carboxylic acids is 3. The number of carbonyl (C=O) groups is 3. The van der Waals surface area contributed by atoms with Gasteiger partial charge in [0.2, 0.25) is 27.7 Å². The second-order valence-corrected chi connectivity index (χ2v) is 11.3. The molecule has 1 fully saturated rings. The van der Waals surface area contributed by atoms with Gasteiger partial charge in [0.05, 0.1) is 16.7 Å². The van der Waals surface area contributed by atoms with E-state index in [0.29, 0.717) is 30.5 Å². The fourth-order valence-corrected chi connectivity index (χ4v) is 5.16. The van der Waals surface area contributed by atoms with Crippen molar-refractivity contribution in [3.05, 3.63) is 35.9 Å². The van der Waals surface area contributed by atoms with Crippen LogP contribution in [-0.2, 0) is 24.4 Å². The zero-order valence-electron chi connectivity index (χ0n) is 19.2. The molecule has 3 unspecified atom stereocenters. The van der Waals surface area contributed by atoms with Gasteiger partial charge in [0, 0.05) is 19.8 Å². The van der Waals surface area contributed by atoms with Crippen LogP contribution in [-0.4, -0.2) is 55.5 Å². The molecule has 0 bridgehead atoms. The number of nitrogens with one attached hydrogen (secondary N) is 1. The zero-order chi connectivity index (χ0) is 23.8. The molecule has 3 amide bonds. The van der Waals surface area contributed by atoms with E-state index < -0.39 is 33.8 Å². The fraction of sp³-hybridized carbons (Fsp3) is 0.522. The maximum absolute atomic E-state index is 13.3. The Morgan fingerprint density at radius 1 is 1.12 bits per heavy atom. The van der Waals surface area contributed by atoms with Crippen LogP contribution in [0, 0.1) is 24.7 Å². The average molecular weight is 462 g/mol. The molecule has 32 heavy (non-hydrogen) atoms. The summed E-state index contributed by atoms with van der Waals surface area (Å²) in [5, 5.41) is 2.78. The number of hydrogen-bond acceptors (Lipinski definition) is 5. The normalized spacial score (nSPS) is 21.9. The molecule has 9 heteroatoms. The van der Waals surface area contributed by atoms with Gasteiger partial charge in [-0.2, -0.15) is 0 Å². The molecule has 1 aromatic rings. The number of rotatable bonds is 7. The number of likely N-dealkylation sites (tertiary alicyclic amines) is 1. The molecule has 0 spiro atoms. The summed E-state index contributed by atoms with van der Waals surface area (Å²) >= 11 is 0. The predicted molar refractivity (Wildman–Crippen MR) is 121 cm³/mol. The first kappa shape index (κ1) is 24.1. The number of hydrogen-bond donors (Lipinski definition) is 1. The molecule has 8 nitrogen and oxygen atoms in total. The minimum atomic E-state index is -3.68. The van der Waals surface area contributed by atoms with Crippen molar-refractivity contribution < 1.29 is 22.8 Å². The minimum absolute atomic E-state index is 0.0502. The lowest BCUT2D eigenvalue weighted by atomic mass is 9.85. The number of nitrogens with zero attached hydrogens (tertiary/aromatic N) is 2. The van der Waals surface area contributed by atoms with E-state index in [-0.39, 0.29) is 22.6 Å². The summed E-state index contributed by atoms with van der Waals surface area (Å²) in [5.41, 5.74) is 1.01. The van der Waals surface area contributed by atoms with Crippen molar-refractivity contribution in [3.8, 4) is 0 Å². The highest BCUT2D eigenvalue weighted by atomic mass is 32.2. The molecular weight excluding hydrogens is 430 g/mol. The summed E-state index contributed by atoms with van der Waals surface area (Å²) < 4.78 is 26.1. The van der Waals surface area contributed by atoms with Crippen molar-refractivity contribution in [3.63, 3.8) is 0 Å². The van der Waals surface area contributed by atoms with Crippen molar-refractivity contribution in [1.82, 2.24) is 9.21 Å². The molecule has 0 aromatic heterocycles. The third-order valence-corrected chi connectivity index (χ3v) is 7.91. The van der Waals surface area contributed by atoms with Crippen molar-refractivity contribution in [2.24, 2.45) is 17.8 Å². The van der Waals surface area contributed by atoms with E-state index in [1.54, 1.807) is 13.0 Å². The SMILES string of the molecule is Cc1ccc(S(=O)(=O)N(C)C)cc1NC(=O)C(CC(C)C)N1C(=O)C2CC=CCC2C1=O. The third kappa shape index (κ3) is 4.49. The van der Waals surface area contributed by atoms with Gasteiger partial charge in [-0.1, -0.05) is 32.1 Å². The average Bonchev–Trinajstić information content (AvgIpc) is 2.98. The molecule has 1 aliphatic carbocycles. The Kier molecular flexibility index (Phi) is 6.90. The largest absolute Gasteiger partial charge is 0.324 e. The molecule has 1 aromatic carbocycles. The van der Waals surface area contributed by atoms with Crippen LogP contribution in [0.3, 0.4) is 0 Å². The Balaban J connectivity index is 1.91. The molecule has 3 atom stereocenters. The number of aryl methyl sites for hydroxylation is 1. The quantitative estimate of drug-likeness (QED) is 0.496. The standard InChI is InChI=1S/C23H31N3O5S/c1-14(2)12-20(26-22(28)17-8-6-7-9-18(17)23(26)29)21(27)24-19-13-16(11-10-15(19)3)32(30,31)25(4)5/h6-7,10-11,13-14,17-18,20H,8-9,12H2,1-5H3,(H,24,27). The van der Waals surface area contributed by atoms with Crippen LogP contribution in [0.5, 0.6) is 0 Å². The molecule has 2 aliphatic rings. The Morgan fingerprint density at radius 3 is 2.19 bits per heavy atom. The van der Waals surface area contributed by atoms with Gasteiger partial charge in [0.1, 0.15) is 6.04 Å². The third-order valence-electron chi connectivity index (χ3n) is 6.10. The van der Waals surface area contributed by atoms with Gasteiger partial charge in [-0.15, -0.1) is 0 Å². The van der Waals surface area contributed by atoms with Crippen LogP contribution < -0.4 is 5.32 Å². The van der Waals surface area contributed by atoms with Crippen LogP contribution in [0.1, 0.15) is 38.7 Å². The topological polar surface area (TPSA) is 104 Å². The van der Waals surface area contributed by atoms with Crippen molar-refractivity contribution in [2.45, 2.75) is 51.0 Å². The maximum atomic E-state index is 13.3. The number of anilines is 1. The van der Waals surface area contributed by atoms with Crippen molar-refractivity contribution >= 4 is 33.4 Å². The molecule has 1 aliphatic heterocycles. The van der Waals surface area contributed by atoms with E-state index in [0.717, 1.165) is 9.21 Å². The number of imide groups is 1. The molecular formula is C23H31N3O5S. The lowest BCUT2D eigenvalue weighted by molar-refractivity contribution is -0.147. The molecule has 1 N–H and O–H groups in total. The monoisotopic (exact) mass is 461 g/mol. The second-order valence-electron chi connectivity index (χ2n) is 9.10. The van der Waals surface area contributed by atoms with E-state index in [1.165, 1.54) is 26.2 Å². The minimum Gasteiger partial charge on any atom is -0.324 e. The summed E-state index contributed by atoms with van der Waals surface area (Å²) in [6, 6.07) is 3.56. The van der Waals surface area contributed by atoms with E-state index >= 15 is 0 Å². The molecule has 0 saturated carbocycles. The Labute approximate surface area is 189 Å². The molecule has 1 heterocycles. The molecule has 0 radical (unpaired) electrons. The second kappa shape index (κ2) is 9.15. The van der Waals surface area contributed by atoms with Crippen LogP contribution in [0.2, 0.25) is 0 Å². The van der Waals surface area contributed by atoms with Gasteiger partial charge in [-0.05, 0) is 49.8 Å². The smallest absolute Gasteiger partial charge is 0.247 e. The lowest BCUT2D eigenvalue weighted by Crippen LogP contribution is -2.48. The van der Waals surface area contributed by atoms with E-state index in [9.17, 15) is 22.8 Å². The number of sulfonamides is 1. The number of fused-ring (bicyclic) bond motifs is 1. The number of benzene rings is 1. The first-order valence-corrected chi connectivity index (χ1v) is 12.2. The van der Waals surface area contributed by atoms with Gasteiger partial charge in [0.15, 0.2) is 0 Å². The Bertz CT molecular complexity index is 1040. The van der Waals surface area contributed by atoms with Gasteiger partial charge in [0.25, 0.3) is 0 Å². The summed E-state index contributed by atoms with van der Waals surface area (Å²) in [5.74, 6) is -1.85. The zero-order valence-corrected chi connectivity index (χ0v) is 20.0. The van der Waals surface area contributed by atoms with Gasteiger partial charge >= 0.3 is 0 Å². The van der Waals surface area contributed by atoms with Crippen molar-refractivity contribution in [1.29, 1.82) is 0 Å². The molecule has 3 rings (SSSR count). The predicted octanol–water partition coefficient (Wildman–Crippen LogP) is 2.55. The van der Waals surface area contributed by atoms with Crippen LogP contribution in [0.15, 0.2) is 35.2 Å². The summed E-state index contributed by atoms with van der Waals surface area (Å²) in [7, 11) is -0.811. The highest BCUT2D eigenvalue weighted by molar-refractivity contribution is 7.89. The van der Waals surface area contributed by atoms with Gasteiger partial charge < -0.3 is 5.32 Å².